The summed E-state index contributed by atoms with van der Waals surface area (Å²) in [4.78, 5) is 16.9. The van der Waals surface area contributed by atoms with E-state index in [2.05, 4.69) is 5.16 Å². The molecule has 0 aromatic heterocycles. The van der Waals surface area contributed by atoms with E-state index in [1.54, 1.807) is 18.2 Å². The molecule has 2 aromatic carbocycles. The van der Waals surface area contributed by atoms with Gasteiger partial charge in [0.25, 0.3) is 0 Å². The van der Waals surface area contributed by atoms with E-state index in [4.69, 9.17) is 4.84 Å². The van der Waals surface area contributed by atoms with Crippen LogP contribution in [0, 0.1) is 12.7 Å². The fourth-order valence-corrected chi connectivity index (χ4v) is 2.77. The Morgan fingerprint density at radius 2 is 2.00 bits per heavy atom. The molecule has 0 saturated carbocycles. The van der Waals surface area contributed by atoms with Gasteiger partial charge in [0.1, 0.15) is 11.6 Å². The van der Waals surface area contributed by atoms with Crippen LogP contribution in [0.25, 0.3) is 0 Å². The standard InChI is InChI=1S/C18H16FNO3/c1-11-12-6-4-8-16(13(12)9-10-17(11)21)20-23-18(22)14-5-2-3-7-15(14)19/h2-3,5,7,9-10,21H,4,6,8H2,1H3/b20-16+. The van der Waals surface area contributed by atoms with Crippen LogP contribution >= 0.6 is 0 Å². The zero-order chi connectivity index (χ0) is 16.4. The first kappa shape index (κ1) is 15.2. The fraction of sp³-hybridized carbons (Fsp3) is 0.222. The lowest BCUT2D eigenvalue weighted by atomic mass is 9.87. The van der Waals surface area contributed by atoms with Crippen molar-refractivity contribution >= 4 is 11.7 Å². The van der Waals surface area contributed by atoms with Gasteiger partial charge in [-0.2, -0.15) is 0 Å². The summed E-state index contributed by atoms with van der Waals surface area (Å²) in [5.41, 5.74) is 3.19. The molecule has 1 aliphatic rings. The normalized spacial score (nSPS) is 15.3. The van der Waals surface area contributed by atoms with Crippen molar-refractivity contribution in [1.82, 2.24) is 0 Å². The number of fused-ring (bicyclic) bond motifs is 1. The molecule has 118 valence electrons. The largest absolute Gasteiger partial charge is 0.508 e. The summed E-state index contributed by atoms with van der Waals surface area (Å²) in [5, 5.41) is 13.7. The Kier molecular flexibility index (Phi) is 4.10. The number of hydrogen-bond acceptors (Lipinski definition) is 4. The predicted octanol–water partition coefficient (Wildman–Crippen LogP) is 3.74. The molecule has 0 heterocycles. The van der Waals surface area contributed by atoms with Gasteiger partial charge in [0.05, 0.1) is 11.3 Å². The number of phenolic OH excluding ortho intramolecular Hbond substituents is 1. The second kappa shape index (κ2) is 6.20. The van der Waals surface area contributed by atoms with E-state index in [1.165, 1.54) is 18.2 Å². The molecule has 0 fully saturated rings. The maximum absolute atomic E-state index is 13.6. The number of halogens is 1. The Morgan fingerprint density at radius 1 is 1.22 bits per heavy atom. The molecule has 0 saturated heterocycles. The minimum atomic E-state index is -0.821. The van der Waals surface area contributed by atoms with Gasteiger partial charge in [-0.1, -0.05) is 17.3 Å². The molecule has 1 aliphatic carbocycles. The number of benzene rings is 2. The lowest BCUT2D eigenvalue weighted by molar-refractivity contribution is 0.0510. The molecule has 0 spiro atoms. The van der Waals surface area contributed by atoms with E-state index in [0.717, 1.165) is 29.5 Å². The summed E-state index contributed by atoms with van der Waals surface area (Å²) in [6, 6.07) is 9.00. The SMILES string of the molecule is Cc1c(O)ccc2c1CCC/C2=N\OC(=O)c1ccccc1F. The first-order chi connectivity index (χ1) is 11.1. The second-order valence-corrected chi connectivity index (χ2v) is 5.49. The summed E-state index contributed by atoms with van der Waals surface area (Å²) in [7, 11) is 0. The summed E-state index contributed by atoms with van der Waals surface area (Å²) < 4.78 is 13.6. The van der Waals surface area contributed by atoms with Gasteiger partial charge in [-0.05, 0) is 61.6 Å². The van der Waals surface area contributed by atoms with Crippen molar-refractivity contribution in [3.63, 3.8) is 0 Å². The van der Waals surface area contributed by atoms with Crippen LogP contribution in [0.4, 0.5) is 4.39 Å². The second-order valence-electron chi connectivity index (χ2n) is 5.49. The molecule has 1 N–H and O–H groups in total. The number of nitrogens with zero attached hydrogens (tertiary/aromatic N) is 1. The molecule has 4 nitrogen and oxygen atoms in total. The Bertz CT molecular complexity index is 799. The number of phenols is 1. The lowest BCUT2D eigenvalue weighted by Crippen LogP contribution is -2.15. The number of hydrogen-bond donors (Lipinski definition) is 1. The molecule has 23 heavy (non-hydrogen) atoms. The van der Waals surface area contributed by atoms with Crippen molar-refractivity contribution in [1.29, 1.82) is 0 Å². The van der Waals surface area contributed by atoms with Crippen molar-refractivity contribution in [2.24, 2.45) is 5.16 Å². The highest BCUT2D eigenvalue weighted by Crippen LogP contribution is 2.30. The Labute approximate surface area is 133 Å². The van der Waals surface area contributed by atoms with Crippen LogP contribution in [0.1, 0.15) is 39.9 Å². The zero-order valence-corrected chi connectivity index (χ0v) is 12.7. The minimum absolute atomic E-state index is 0.144. The highest BCUT2D eigenvalue weighted by molar-refractivity contribution is 6.03. The number of rotatable bonds is 2. The molecule has 3 rings (SSSR count). The van der Waals surface area contributed by atoms with Crippen LogP contribution < -0.4 is 0 Å². The molecule has 0 radical (unpaired) electrons. The van der Waals surface area contributed by atoms with Crippen LogP contribution in [0.3, 0.4) is 0 Å². The van der Waals surface area contributed by atoms with E-state index < -0.39 is 11.8 Å². The van der Waals surface area contributed by atoms with Gasteiger partial charge in [-0.3, -0.25) is 0 Å². The number of carbonyl (C=O) groups excluding carboxylic acids is 1. The first-order valence-electron chi connectivity index (χ1n) is 7.42. The third-order valence-electron chi connectivity index (χ3n) is 4.05. The molecular formula is C18H16FNO3. The van der Waals surface area contributed by atoms with Crippen LogP contribution in [-0.2, 0) is 11.3 Å². The average molecular weight is 313 g/mol. The van der Waals surface area contributed by atoms with Gasteiger partial charge in [0.15, 0.2) is 0 Å². The molecule has 0 aliphatic heterocycles. The number of oxime groups is 1. The highest BCUT2D eigenvalue weighted by atomic mass is 19.1. The minimum Gasteiger partial charge on any atom is -0.508 e. The molecule has 0 atom stereocenters. The van der Waals surface area contributed by atoms with E-state index in [1.807, 2.05) is 6.92 Å². The first-order valence-corrected chi connectivity index (χ1v) is 7.42. The van der Waals surface area contributed by atoms with Gasteiger partial charge in [0.2, 0.25) is 0 Å². The zero-order valence-electron chi connectivity index (χ0n) is 12.7. The average Bonchev–Trinajstić information content (AvgIpc) is 2.56. The van der Waals surface area contributed by atoms with Gasteiger partial charge in [0, 0.05) is 5.56 Å². The van der Waals surface area contributed by atoms with Gasteiger partial charge in [-0.15, -0.1) is 0 Å². The Hall–Kier alpha value is -2.69. The molecule has 0 unspecified atom stereocenters. The summed E-state index contributed by atoms with van der Waals surface area (Å²) in [5.74, 6) is -1.21. The molecule has 5 heteroatoms. The van der Waals surface area contributed by atoms with Crippen molar-refractivity contribution < 1.29 is 19.1 Å². The van der Waals surface area contributed by atoms with Crippen LogP contribution in [-0.4, -0.2) is 16.8 Å². The molecule has 2 aromatic rings. The molecule has 0 bridgehead atoms. The molecular weight excluding hydrogens is 297 g/mol. The highest BCUT2D eigenvalue weighted by Gasteiger charge is 2.20. The van der Waals surface area contributed by atoms with Crippen molar-refractivity contribution in [3.8, 4) is 5.75 Å². The third-order valence-corrected chi connectivity index (χ3v) is 4.05. The predicted molar refractivity (Wildman–Crippen MR) is 84.1 cm³/mol. The lowest BCUT2D eigenvalue weighted by Gasteiger charge is -2.19. The van der Waals surface area contributed by atoms with Gasteiger partial charge >= 0.3 is 5.97 Å². The fourth-order valence-electron chi connectivity index (χ4n) is 2.77. The smallest absolute Gasteiger partial charge is 0.368 e. The van der Waals surface area contributed by atoms with Crippen molar-refractivity contribution in [3.05, 3.63) is 64.5 Å². The maximum atomic E-state index is 13.6. The maximum Gasteiger partial charge on any atom is 0.368 e. The number of carbonyl (C=O) groups is 1. The monoisotopic (exact) mass is 313 g/mol. The number of aromatic hydroxyl groups is 1. The van der Waals surface area contributed by atoms with Crippen molar-refractivity contribution in [2.75, 3.05) is 0 Å². The van der Waals surface area contributed by atoms with E-state index in [0.29, 0.717) is 12.1 Å². The topological polar surface area (TPSA) is 58.9 Å². The van der Waals surface area contributed by atoms with Crippen LogP contribution in [0.15, 0.2) is 41.6 Å². The van der Waals surface area contributed by atoms with E-state index in [-0.39, 0.29) is 11.3 Å². The van der Waals surface area contributed by atoms with E-state index >= 15 is 0 Å². The van der Waals surface area contributed by atoms with E-state index in [9.17, 15) is 14.3 Å². The summed E-state index contributed by atoms with van der Waals surface area (Å²) in [6.45, 7) is 1.85. The molecule has 0 amide bonds. The Morgan fingerprint density at radius 3 is 2.78 bits per heavy atom. The van der Waals surface area contributed by atoms with Crippen molar-refractivity contribution in [2.45, 2.75) is 26.2 Å². The Balaban J connectivity index is 1.87. The summed E-state index contributed by atoms with van der Waals surface area (Å²) >= 11 is 0. The summed E-state index contributed by atoms with van der Waals surface area (Å²) in [6.07, 6.45) is 2.37. The van der Waals surface area contributed by atoms with Gasteiger partial charge in [-0.25, -0.2) is 9.18 Å². The quantitative estimate of drug-likeness (QED) is 0.679. The van der Waals surface area contributed by atoms with Crippen LogP contribution in [0.5, 0.6) is 5.75 Å². The van der Waals surface area contributed by atoms with Crippen LogP contribution in [0.2, 0.25) is 0 Å². The van der Waals surface area contributed by atoms with Gasteiger partial charge < -0.3 is 9.94 Å². The third kappa shape index (κ3) is 2.95.